The van der Waals surface area contributed by atoms with Gasteiger partial charge in [-0.2, -0.15) is 0 Å². The van der Waals surface area contributed by atoms with E-state index < -0.39 is 28.5 Å². The lowest BCUT2D eigenvalue weighted by Crippen LogP contribution is -2.53. The second kappa shape index (κ2) is 12.6. The van der Waals surface area contributed by atoms with Crippen LogP contribution < -0.4 is 14.4 Å². The summed E-state index contributed by atoms with van der Waals surface area (Å²) in [5.74, 6) is -0.476. The van der Waals surface area contributed by atoms with Crippen molar-refractivity contribution in [2.24, 2.45) is 0 Å². The lowest BCUT2D eigenvalue weighted by molar-refractivity contribution is -0.139. The molecule has 2 amide bonds. The summed E-state index contributed by atoms with van der Waals surface area (Å²) in [7, 11) is -2.42. The fourth-order valence-corrected chi connectivity index (χ4v) is 5.59. The van der Waals surface area contributed by atoms with Crippen molar-refractivity contribution in [3.63, 3.8) is 0 Å². The summed E-state index contributed by atoms with van der Waals surface area (Å²) >= 11 is 6.38. The van der Waals surface area contributed by atoms with E-state index in [-0.39, 0.29) is 24.2 Å². The molecule has 0 radical (unpaired) electrons. The molecule has 0 saturated heterocycles. The quantitative estimate of drug-likeness (QED) is 0.477. The number of nitrogens with one attached hydrogen (secondary N) is 1. The summed E-state index contributed by atoms with van der Waals surface area (Å²) in [5.41, 5.74) is 1.73. The van der Waals surface area contributed by atoms with Crippen LogP contribution in [-0.4, -0.2) is 57.1 Å². The van der Waals surface area contributed by atoms with Crippen LogP contribution in [0.2, 0.25) is 5.02 Å². The molecule has 1 aliphatic carbocycles. The van der Waals surface area contributed by atoms with Gasteiger partial charge in [-0.25, -0.2) is 8.42 Å². The van der Waals surface area contributed by atoms with Crippen LogP contribution in [0.25, 0.3) is 0 Å². The van der Waals surface area contributed by atoms with Crippen LogP contribution in [0.1, 0.15) is 50.2 Å². The predicted octanol–water partition coefficient (Wildman–Crippen LogP) is 4.29. The molecule has 2 aromatic carbocycles. The van der Waals surface area contributed by atoms with Gasteiger partial charge in [0.15, 0.2) is 0 Å². The number of nitrogens with zero attached hydrogens (tertiary/aromatic N) is 2. The number of halogens is 1. The molecular weight excluding hydrogens is 514 g/mol. The molecule has 8 nitrogen and oxygen atoms in total. The number of benzene rings is 2. The smallest absolute Gasteiger partial charge is 0.244 e. The molecular formula is C27H36ClN3O5S. The summed E-state index contributed by atoms with van der Waals surface area (Å²) in [6.07, 6.45) is 6.13. The Kier molecular flexibility index (Phi) is 9.84. The molecule has 10 heteroatoms. The van der Waals surface area contributed by atoms with Crippen LogP contribution in [0.4, 0.5) is 5.69 Å². The summed E-state index contributed by atoms with van der Waals surface area (Å²) in [4.78, 5) is 28.4. The Hall–Kier alpha value is -2.78. The number of methoxy groups -OCH3 is 1. The van der Waals surface area contributed by atoms with Gasteiger partial charge >= 0.3 is 0 Å². The Morgan fingerprint density at radius 1 is 1.14 bits per heavy atom. The number of aryl methyl sites for hydroxylation is 1. The van der Waals surface area contributed by atoms with Crippen molar-refractivity contribution in [1.29, 1.82) is 0 Å². The molecule has 37 heavy (non-hydrogen) atoms. The Bertz CT molecular complexity index is 1210. The molecule has 1 fully saturated rings. The van der Waals surface area contributed by atoms with Crippen molar-refractivity contribution in [3.05, 3.63) is 58.6 Å². The lowest BCUT2D eigenvalue weighted by Gasteiger charge is -2.33. The van der Waals surface area contributed by atoms with Crippen LogP contribution in [0, 0.1) is 6.92 Å². The first-order valence-corrected chi connectivity index (χ1v) is 14.7. The summed E-state index contributed by atoms with van der Waals surface area (Å²) < 4.78 is 32.1. The molecule has 3 rings (SSSR count). The zero-order valence-corrected chi connectivity index (χ0v) is 23.4. The van der Waals surface area contributed by atoms with Crippen LogP contribution in [0.15, 0.2) is 42.5 Å². The normalized spacial score (nSPS) is 15.1. The highest BCUT2D eigenvalue weighted by molar-refractivity contribution is 7.92. The third-order valence-electron chi connectivity index (χ3n) is 6.70. The Morgan fingerprint density at radius 3 is 2.43 bits per heavy atom. The molecule has 202 valence electrons. The van der Waals surface area contributed by atoms with E-state index in [0.717, 1.165) is 48.2 Å². The molecule has 1 aliphatic rings. The highest BCUT2D eigenvalue weighted by atomic mass is 35.5. The van der Waals surface area contributed by atoms with E-state index in [0.29, 0.717) is 16.3 Å². The Balaban J connectivity index is 1.93. The average Bonchev–Trinajstić information content (AvgIpc) is 2.86. The highest BCUT2D eigenvalue weighted by Crippen LogP contribution is 2.31. The van der Waals surface area contributed by atoms with Gasteiger partial charge in [0, 0.05) is 17.6 Å². The van der Waals surface area contributed by atoms with Gasteiger partial charge in [0.05, 0.1) is 19.1 Å². The second-order valence-corrected chi connectivity index (χ2v) is 11.9. The Labute approximate surface area is 225 Å². The second-order valence-electron chi connectivity index (χ2n) is 9.58. The van der Waals surface area contributed by atoms with Gasteiger partial charge in [0.1, 0.15) is 18.3 Å². The number of sulfonamides is 1. The maximum Gasteiger partial charge on any atom is 0.244 e. The SMILES string of the molecule is COc1ccc(C)cc1N(CC(=O)N(Cc1ccccc1Cl)[C@H](C)C(=O)NC1CCCCC1)S(C)(=O)=O. The molecule has 2 aromatic rings. The number of hydrogen-bond donors (Lipinski definition) is 1. The maximum absolute atomic E-state index is 13.8. The first kappa shape index (κ1) is 28.8. The molecule has 0 heterocycles. The first-order chi connectivity index (χ1) is 17.5. The van der Waals surface area contributed by atoms with Gasteiger partial charge in [-0.15, -0.1) is 0 Å². The average molecular weight is 550 g/mol. The third-order valence-corrected chi connectivity index (χ3v) is 8.19. The van der Waals surface area contributed by atoms with Gasteiger partial charge in [-0.05, 0) is 56.0 Å². The van der Waals surface area contributed by atoms with E-state index in [1.165, 1.54) is 12.0 Å². The first-order valence-electron chi connectivity index (χ1n) is 12.5. The van der Waals surface area contributed by atoms with Gasteiger partial charge in [-0.3, -0.25) is 13.9 Å². The minimum Gasteiger partial charge on any atom is -0.495 e. The molecule has 1 N–H and O–H groups in total. The minimum absolute atomic E-state index is 0.0559. The number of anilines is 1. The van der Waals surface area contributed by atoms with Crippen LogP contribution >= 0.6 is 11.6 Å². The summed E-state index contributed by atoms with van der Waals surface area (Å²) in [6, 6.07) is 11.4. The maximum atomic E-state index is 13.8. The van der Waals surface area contributed by atoms with E-state index in [1.54, 1.807) is 49.4 Å². The van der Waals surface area contributed by atoms with Crippen LogP contribution in [0.3, 0.4) is 0 Å². The summed E-state index contributed by atoms with van der Waals surface area (Å²) in [6.45, 7) is 3.04. The van der Waals surface area contributed by atoms with E-state index in [2.05, 4.69) is 5.32 Å². The largest absolute Gasteiger partial charge is 0.495 e. The molecule has 1 atom stereocenters. The number of hydrogen-bond acceptors (Lipinski definition) is 5. The van der Waals surface area contributed by atoms with E-state index in [4.69, 9.17) is 16.3 Å². The predicted molar refractivity (Wildman–Crippen MR) is 146 cm³/mol. The number of carbonyl (C=O) groups is 2. The van der Waals surface area contributed by atoms with Crippen LogP contribution in [0.5, 0.6) is 5.75 Å². The summed E-state index contributed by atoms with van der Waals surface area (Å²) in [5, 5.41) is 3.54. The lowest BCUT2D eigenvalue weighted by atomic mass is 9.95. The number of amides is 2. The van der Waals surface area contributed by atoms with Crippen molar-refractivity contribution >= 4 is 39.1 Å². The van der Waals surface area contributed by atoms with Gasteiger partial charge in [0.2, 0.25) is 21.8 Å². The van der Waals surface area contributed by atoms with Crippen molar-refractivity contribution < 1.29 is 22.7 Å². The molecule has 0 unspecified atom stereocenters. The molecule has 0 bridgehead atoms. The monoisotopic (exact) mass is 549 g/mol. The zero-order valence-electron chi connectivity index (χ0n) is 21.9. The van der Waals surface area contributed by atoms with E-state index in [9.17, 15) is 18.0 Å². The number of carbonyl (C=O) groups excluding carboxylic acids is 2. The number of rotatable bonds is 10. The van der Waals surface area contributed by atoms with Gasteiger partial charge in [-0.1, -0.05) is 55.1 Å². The fraction of sp³-hybridized carbons (Fsp3) is 0.481. The topological polar surface area (TPSA) is 96.0 Å². The molecule has 1 saturated carbocycles. The zero-order chi connectivity index (χ0) is 27.2. The van der Waals surface area contributed by atoms with Crippen molar-refractivity contribution in [2.45, 2.75) is 64.6 Å². The van der Waals surface area contributed by atoms with Crippen molar-refractivity contribution in [1.82, 2.24) is 10.2 Å². The minimum atomic E-state index is -3.87. The fourth-order valence-electron chi connectivity index (χ4n) is 4.55. The molecule has 0 aromatic heterocycles. The van der Waals surface area contributed by atoms with Gasteiger partial charge in [0.25, 0.3) is 0 Å². The molecule has 0 aliphatic heterocycles. The highest BCUT2D eigenvalue weighted by Gasteiger charge is 2.32. The Morgan fingerprint density at radius 2 is 1.81 bits per heavy atom. The number of ether oxygens (including phenoxy) is 1. The third kappa shape index (κ3) is 7.61. The van der Waals surface area contributed by atoms with E-state index in [1.807, 2.05) is 6.92 Å². The van der Waals surface area contributed by atoms with Crippen LogP contribution in [-0.2, 0) is 26.2 Å². The van der Waals surface area contributed by atoms with Crippen molar-refractivity contribution in [3.8, 4) is 5.75 Å². The van der Waals surface area contributed by atoms with Gasteiger partial charge < -0.3 is 15.0 Å². The van der Waals surface area contributed by atoms with Crippen molar-refractivity contribution in [2.75, 3.05) is 24.2 Å². The van der Waals surface area contributed by atoms with E-state index >= 15 is 0 Å². The molecule has 0 spiro atoms. The standard InChI is InChI=1S/C27H36ClN3O5S/c1-19-14-15-25(36-3)24(16-19)31(37(4,34)35)18-26(32)30(17-21-10-8-9-13-23(21)28)20(2)27(33)29-22-11-6-5-7-12-22/h8-10,13-16,20,22H,5-7,11-12,17-18H2,1-4H3,(H,29,33)/t20-/m1/s1.